The van der Waals surface area contributed by atoms with Crippen molar-refractivity contribution in [1.29, 1.82) is 0 Å². The van der Waals surface area contributed by atoms with Gasteiger partial charge in [0.15, 0.2) is 5.65 Å². The van der Waals surface area contributed by atoms with Crippen LogP contribution in [0.25, 0.3) is 16.8 Å². The zero-order valence-electron chi connectivity index (χ0n) is 17.9. The van der Waals surface area contributed by atoms with E-state index in [1.807, 2.05) is 0 Å². The molecule has 0 saturated heterocycles. The summed E-state index contributed by atoms with van der Waals surface area (Å²) in [4.78, 5) is 18.8. The number of amides is 1. The van der Waals surface area contributed by atoms with Gasteiger partial charge >= 0.3 is 6.36 Å². The number of pyridine rings is 1. The Morgan fingerprint density at radius 2 is 1.89 bits per heavy atom. The first kappa shape index (κ1) is 22.4. The van der Waals surface area contributed by atoms with E-state index in [2.05, 4.69) is 14.8 Å². The van der Waals surface area contributed by atoms with E-state index < -0.39 is 23.8 Å². The zero-order valence-corrected chi connectivity index (χ0v) is 17.9. The minimum atomic E-state index is -4.92. The first-order chi connectivity index (χ1) is 16.7. The third kappa shape index (κ3) is 4.67. The fourth-order valence-corrected chi connectivity index (χ4v) is 3.84. The van der Waals surface area contributed by atoms with Gasteiger partial charge in [-0.2, -0.15) is 4.98 Å². The third-order valence-electron chi connectivity index (χ3n) is 5.42. The summed E-state index contributed by atoms with van der Waals surface area (Å²) in [6.45, 7) is -0.0290. The SMILES string of the molecule is Nc1nc2cc(-c3ccc4c(c3)C(=O)N(Cc3cc(OC(F)(F)F)ccc3F)CCO4)ccn2n1. The Kier molecular flexibility index (Phi) is 5.42. The Morgan fingerprint density at radius 3 is 2.69 bits per heavy atom. The molecule has 4 aromatic rings. The average Bonchev–Trinajstić information content (AvgIpc) is 3.10. The fraction of sp³-hybridized carbons (Fsp3) is 0.174. The molecule has 0 fully saturated rings. The Hall–Kier alpha value is -4.35. The van der Waals surface area contributed by atoms with Gasteiger partial charge in [-0.1, -0.05) is 6.07 Å². The summed E-state index contributed by atoms with van der Waals surface area (Å²) in [7, 11) is 0. The third-order valence-corrected chi connectivity index (χ3v) is 5.42. The zero-order chi connectivity index (χ0) is 24.7. The molecule has 3 heterocycles. The summed E-state index contributed by atoms with van der Waals surface area (Å²) >= 11 is 0. The van der Waals surface area contributed by atoms with E-state index in [1.165, 1.54) is 9.42 Å². The predicted molar refractivity (Wildman–Crippen MR) is 116 cm³/mol. The molecule has 35 heavy (non-hydrogen) atoms. The molecule has 2 aromatic carbocycles. The second-order valence-corrected chi connectivity index (χ2v) is 7.78. The molecule has 1 amide bonds. The van der Waals surface area contributed by atoms with E-state index in [-0.39, 0.29) is 36.8 Å². The van der Waals surface area contributed by atoms with E-state index in [0.717, 1.165) is 23.8 Å². The highest BCUT2D eigenvalue weighted by molar-refractivity contribution is 5.98. The number of carbonyl (C=O) groups is 1. The van der Waals surface area contributed by atoms with E-state index in [9.17, 15) is 22.4 Å². The Bertz CT molecular complexity index is 1440. The molecular weight excluding hydrogens is 470 g/mol. The molecule has 0 atom stereocenters. The molecule has 0 unspecified atom stereocenters. The average molecular weight is 487 g/mol. The summed E-state index contributed by atoms with van der Waals surface area (Å²) in [5.74, 6) is -1.30. The maximum absolute atomic E-state index is 14.4. The molecule has 12 heteroatoms. The van der Waals surface area contributed by atoms with Crippen LogP contribution in [0, 0.1) is 5.82 Å². The van der Waals surface area contributed by atoms with Crippen molar-refractivity contribution in [3.05, 3.63) is 71.7 Å². The Labute approximate surface area is 195 Å². The molecule has 180 valence electrons. The quantitative estimate of drug-likeness (QED) is 0.437. The van der Waals surface area contributed by atoms with Crippen LogP contribution in [0.2, 0.25) is 0 Å². The standard InChI is InChI=1S/C23H17F4N5O3/c24-18-3-2-16(35-23(25,26)27)9-15(18)12-31-7-8-34-19-4-1-13(10-17(19)21(31)33)14-5-6-32-20(11-14)29-22(28)30-32/h1-6,9-11H,7-8,12H2,(H2,28,30). The highest BCUT2D eigenvalue weighted by atomic mass is 19.4. The number of fused-ring (bicyclic) bond motifs is 2. The largest absolute Gasteiger partial charge is 0.573 e. The van der Waals surface area contributed by atoms with Gasteiger partial charge in [-0.05, 0) is 53.6 Å². The van der Waals surface area contributed by atoms with Crippen LogP contribution in [-0.2, 0) is 6.54 Å². The maximum Gasteiger partial charge on any atom is 0.573 e. The van der Waals surface area contributed by atoms with Gasteiger partial charge in [-0.3, -0.25) is 4.79 Å². The molecule has 8 nitrogen and oxygen atoms in total. The van der Waals surface area contributed by atoms with Gasteiger partial charge in [-0.15, -0.1) is 18.3 Å². The summed E-state index contributed by atoms with van der Waals surface area (Å²) < 4.78 is 63.2. The lowest BCUT2D eigenvalue weighted by Crippen LogP contribution is -2.32. The van der Waals surface area contributed by atoms with Gasteiger partial charge in [-0.25, -0.2) is 8.91 Å². The van der Waals surface area contributed by atoms with Crippen molar-refractivity contribution in [3.63, 3.8) is 0 Å². The van der Waals surface area contributed by atoms with Crippen molar-refractivity contribution in [2.24, 2.45) is 0 Å². The topological polar surface area (TPSA) is 95.0 Å². The van der Waals surface area contributed by atoms with E-state index in [1.54, 1.807) is 36.5 Å². The minimum Gasteiger partial charge on any atom is -0.491 e. The molecule has 1 aliphatic rings. The number of halogens is 4. The van der Waals surface area contributed by atoms with Crippen LogP contribution in [0.5, 0.6) is 11.5 Å². The van der Waals surface area contributed by atoms with Crippen molar-refractivity contribution in [3.8, 4) is 22.6 Å². The van der Waals surface area contributed by atoms with Gasteiger partial charge in [0.1, 0.15) is 23.9 Å². The van der Waals surface area contributed by atoms with E-state index in [4.69, 9.17) is 10.5 Å². The maximum atomic E-state index is 14.4. The van der Waals surface area contributed by atoms with Gasteiger partial charge in [0, 0.05) is 18.3 Å². The van der Waals surface area contributed by atoms with Crippen molar-refractivity contribution in [2.75, 3.05) is 18.9 Å². The highest BCUT2D eigenvalue weighted by Crippen LogP contribution is 2.31. The first-order valence-electron chi connectivity index (χ1n) is 10.4. The lowest BCUT2D eigenvalue weighted by molar-refractivity contribution is -0.274. The predicted octanol–water partition coefficient (Wildman–Crippen LogP) is 4.05. The number of nitrogen functional groups attached to an aromatic ring is 1. The Morgan fingerprint density at radius 1 is 1.09 bits per heavy atom. The highest BCUT2D eigenvalue weighted by Gasteiger charge is 2.32. The number of alkyl halides is 3. The molecule has 2 N–H and O–H groups in total. The van der Waals surface area contributed by atoms with E-state index >= 15 is 0 Å². The minimum absolute atomic E-state index is 0.109. The molecule has 0 aliphatic carbocycles. The number of ether oxygens (including phenoxy) is 2. The molecule has 2 aromatic heterocycles. The smallest absolute Gasteiger partial charge is 0.491 e. The number of benzene rings is 2. The second-order valence-electron chi connectivity index (χ2n) is 7.78. The molecule has 1 aliphatic heterocycles. The number of anilines is 1. The van der Waals surface area contributed by atoms with Crippen molar-refractivity contribution < 1.29 is 31.8 Å². The normalized spacial score (nSPS) is 13.9. The molecule has 0 saturated carbocycles. The number of hydrogen-bond donors (Lipinski definition) is 1. The molecule has 0 bridgehead atoms. The van der Waals surface area contributed by atoms with Crippen molar-refractivity contribution in [1.82, 2.24) is 19.5 Å². The number of rotatable bonds is 4. The van der Waals surface area contributed by atoms with Crippen LogP contribution in [-0.4, -0.2) is 44.9 Å². The molecule has 0 spiro atoms. The number of hydrogen-bond acceptors (Lipinski definition) is 6. The van der Waals surface area contributed by atoms with E-state index in [0.29, 0.717) is 17.0 Å². The lowest BCUT2D eigenvalue weighted by Gasteiger charge is -2.21. The van der Waals surface area contributed by atoms with Crippen LogP contribution in [0.1, 0.15) is 15.9 Å². The number of nitrogens with zero attached hydrogens (tertiary/aromatic N) is 4. The summed E-state index contributed by atoms with van der Waals surface area (Å²) in [6.07, 6.45) is -3.24. The van der Waals surface area contributed by atoms with Crippen LogP contribution < -0.4 is 15.2 Å². The van der Waals surface area contributed by atoms with Crippen molar-refractivity contribution in [2.45, 2.75) is 12.9 Å². The van der Waals surface area contributed by atoms with Crippen molar-refractivity contribution >= 4 is 17.5 Å². The first-order valence-corrected chi connectivity index (χ1v) is 10.4. The van der Waals surface area contributed by atoms with Gasteiger partial charge in [0.05, 0.1) is 12.1 Å². The second kappa shape index (κ2) is 8.46. The summed E-state index contributed by atoms with van der Waals surface area (Å²) in [5, 5.41) is 4.03. The molecule has 5 rings (SSSR count). The number of nitrogens with two attached hydrogens (primary N) is 1. The van der Waals surface area contributed by atoms with Gasteiger partial charge in [0.2, 0.25) is 5.95 Å². The number of aromatic nitrogens is 3. The monoisotopic (exact) mass is 487 g/mol. The molecule has 0 radical (unpaired) electrons. The Balaban J connectivity index is 1.44. The van der Waals surface area contributed by atoms with Crippen LogP contribution >= 0.6 is 0 Å². The lowest BCUT2D eigenvalue weighted by atomic mass is 10.0. The van der Waals surface area contributed by atoms with Gasteiger partial charge in [0.25, 0.3) is 5.91 Å². The summed E-state index contributed by atoms with van der Waals surface area (Å²) in [6, 6.07) is 11.3. The van der Waals surface area contributed by atoms with Crippen LogP contribution in [0.4, 0.5) is 23.5 Å². The van der Waals surface area contributed by atoms with Gasteiger partial charge < -0.3 is 20.1 Å². The molecular formula is C23H17F4N5O3. The number of carbonyl (C=O) groups excluding carboxylic acids is 1. The van der Waals surface area contributed by atoms with Crippen LogP contribution in [0.3, 0.4) is 0 Å². The van der Waals surface area contributed by atoms with Crippen LogP contribution in [0.15, 0.2) is 54.7 Å². The fourth-order valence-electron chi connectivity index (χ4n) is 3.84. The summed E-state index contributed by atoms with van der Waals surface area (Å²) in [5.41, 5.74) is 7.72.